The van der Waals surface area contributed by atoms with Crippen molar-refractivity contribution in [1.29, 1.82) is 0 Å². The summed E-state index contributed by atoms with van der Waals surface area (Å²) >= 11 is 0. The highest BCUT2D eigenvalue weighted by molar-refractivity contribution is 7.92. The highest BCUT2D eigenvalue weighted by Crippen LogP contribution is 2.25. The second-order valence-electron chi connectivity index (χ2n) is 6.11. The van der Waals surface area contributed by atoms with Crippen LogP contribution in [0, 0.1) is 5.92 Å². The van der Waals surface area contributed by atoms with E-state index in [0.29, 0.717) is 19.3 Å². The minimum Gasteiger partial charge on any atom is -0.480 e. The predicted molar refractivity (Wildman–Crippen MR) is 79.7 cm³/mol. The Bertz CT molecular complexity index is 466. The van der Waals surface area contributed by atoms with Crippen LogP contribution in [0.3, 0.4) is 0 Å². The number of carbonyl (C=O) groups excluding carboxylic acids is 1. The van der Waals surface area contributed by atoms with Gasteiger partial charge in [0.25, 0.3) is 0 Å². The van der Waals surface area contributed by atoms with Crippen molar-refractivity contribution in [2.24, 2.45) is 5.92 Å². The molecule has 7 heteroatoms. The number of amides is 1. The van der Waals surface area contributed by atoms with Gasteiger partial charge in [0.1, 0.15) is 6.04 Å². The number of hydrogen-bond acceptors (Lipinski definition) is 4. The highest BCUT2D eigenvalue weighted by Gasteiger charge is 2.29. The first-order chi connectivity index (χ1) is 9.72. The Morgan fingerprint density at radius 3 is 2.29 bits per heavy atom. The first-order valence-corrected chi connectivity index (χ1v) is 9.17. The molecule has 0 heterocycles. The summed E-state index contributed by atoms with van der Waals surface area (Å²) in [6.07, 6.45) is 3.36. The van der Waals surface area contributed by atoms with E-state index in [1.165, 1.54) is 0 Å². The van der Waals surface area contributed by atoms with Gasteiger partial charge in [0.2, 0.25) is 5.91 Å². The lowest BCUT2D eigenvalue weighted by molar-refractivity contribution is -0.142. The maximum Gasteiger partial charge on any atom is 0.326 e. The lowest BCUT2D eigenvalue weighted by Crippen LogP contribution is -2.42. The smallest absolute Gasteiger partial charge is 0.326 e. The summed E-state index contributed by atoms with van der Waals surface area (Å²) in [5.41, 5.74) is 0. The van der Waals surface area contributed by atoms with Crippen molar-refractivity contribution in [3.8, 4) is 0 Å². The van der Waals surface area contributed by atoms with Crippen LogP contribution >= 0.6 is 0 Å². The number of sulfone groups is 1. The molecule has 0 radical (unpaired) electrons. The molecule has 1 saturated carbocycles. The van der Waals surface area contributed by atoms with E-state index < -0.39 is 27.8 Å². The van der Waals surface area contributed by atoms with Crippen LogP contribution in [0.25, 0.3) is 0 Å². The summed E-state index contributed by atoms with van der Waals surface area (Å²) < 4.78 is 24.1. The molecule has 1 aliphatic rings. The maximum absolute atomic E-state index is 12.0. The van der Waals surface area contributed by atoms with Gasteiger partial charge in [-0.2, -0.15) is 0 Å². The van der Waals surface area contributed by atoms with E-state index in [9.17, 15) is 18.0 Å². The summed E-state index contributed by atoms with van der Waals surface area (Å²) in [7, 11) is -3.24. The third kappa shape index (κ3) is 6.03. The molecular formula is C14H25NO5S. The summed E-state index contributed by atoms with van der Waals surface area (Å²) in [5, 5.41) is 11.1. The van der Waals surface area contributed by atoms with E-state index in [0.717, 1.165) is 12.8 Å². The van der Waals surface area contributed by atoms with Gasteiger partial charge in [-0.25, -0.2) is 13.2 Å². The normalized spacial score (nSPS) is 17.9. The van der Waals surface area contributed by atoms with Crippen molar-refractivity contribution >= 4 is 21.7 Å². The molecule has 0 unspecified atom stereocenters. The summed E-state index contributed by atoms with van der Waals surface area (Å²) in [6, 6.07) is -0.952. The number of hydrogen-bond donors (Lipinski definition) is 2. The predicted octanol–water partition coefficient (Wildman–Crippen LogP) is 1.35. The van der Waals surface area contributed by atoms with Crippen LogP contribution in [0.2, 0.25) is 0 Å². The van der Waals surface area contributed by atoms with E-state index in [4.69, 9.17) is 5.11 Å². The van der Waals surface area contributed by atoms with Crippen LogP contribution in [-0.4, -0.2) is 42.4 Å². The van der Waals surface area contributed by atoms with Crippen LogP contribution in [-0.2, 0) is 19.4 Å². The van der Waals surface area contributed by atoms with Crippen LogP contribution in [0.4, 0.5) is 0 Å². The molecule has 0 bridgehead atoms. The largest absolute Gasteiger partial charge is 0.480 e. The number of nitrogens with one attached hydrogen (secondary N) is 1. The summed E-state index contributed by atoms with van der Waals surface area (Å²) in [4.78, 5) is 22.8. The summed E-state index contributed by atoms with van der Waals surface area (Å²) in [5.74, 6) is -1.66. The van der Waals surface area contributed by atoms with E-state index >= 15 is 0 Å². The van der Waals surface area contributed by atoms with Gasteiger partial charge in [-0.05, 0) is 25.2 Å². The zero-order chi connectivity index (χ0) is 16.0. The minimum atomic E-state index is -3.24. The van der Waals surface area contributed by atoms with Gasteiger partial charge < -0.3 is 10.4 Å². The molecule has 2 N–H and O–H groups in total. The number of carboxylic acids is 1. The Labute approximate surface area is 126 Å². The molecule has 0 aliphatic heterocycles. The van der Waals surface area contributed by atoms with Crippen molar-refractivity contribution in [3.63, 3.8) is 0 Å². The molecule has 1 amide bonds. The van der Waals surface area contributed by atoms with Crippen LogP contribution in [0.1, 0.15) is 52.4 Å². The first-order valence-electron chi connectivity index (χ1n) is 7.46. The van der Waals surface area contributed by atoms with Gasteiger partial charge in [-0.15, -0.1) is 0 Å². The highest BCUT2D eigenvalue weighted by atomic mass is 32.2. The van der Waals surface area contributed by atoms with Gasteiger partial charge in [-0.3, -0.25) is 4.79 Å². The molecule has 0 aromatic heterocycles. The van der Waals surface area contributed by atoms with Crippen molar-refractivity contribution in [2.75, 3.05) is 5.75 Å². The Morgan fingerprint density at radius 1 is 1.24 bits per heavy atom. The fourth-order valence-electron chi connectivity index (χ4n) is 2.61. The fourth-order valence-corrected chi connectivity index (χ4v) is 4.46. The Balaban J connectivity index is 2.47. The van der Waals surface area contributed by atoms with Crippen LogP contribution in [0.15, 0.2) is 0 Å². The topological polar surface area (TPSA) is 101 Å². The van der Waals surface area contributed by atoms with Crippen LogP contribution in [0.5, 0.6) is 0 Å². The quantitative estimate of drug-likeness (QED) is 0.703. The molecule has 0 spiro atoms. The molecule has 0 aromatic carbocycles. The van der Waals surface area contributed by atoms with Gasteiger partial charge in [0.15, 0.2) is 9.84 Å². The monoisotopic (exact) mass is 319 g/mol. The zero-order valence-corrected chi connectivity index (χ0v) is 13.5. The molecule has 21 heavy (non-hydrogen) atoms. The molecule has 122 valence electrons. The van der Waals surface area contributed by atoms with E-state index in [1.54, 1.807) is 0 Å². The van der Waals surface area contributed by atoms with Gasteiger partial charge >= 0.3 is 5.97 Å². The van der Waals surface area contributed by atoms with Crippen molar-refractivity contribution < 1.29 is 23.1 Å². The molecular weight excluding hydrogens is 294 g/mol. The Morgan fingerprint density at radius 2 is 1.81 bits per heavy atom. The third-order valence-electron chi connectivity index (χ3n) is 3.76. The molecule has 1 rings (SSSR count). The third-order valence-corrected chi connectivity index (χ3v) is 6.02. The zero-order valence-electron chi connectivity index (χ0n) is 12.7. The lowest BCUT2D eigenvalue weighted by Gasteiger charge is -2.17. The minimum absolute atomic E-state index is 0.133. The number of carbonyl (C=O) groups is 2. The standard InChI is InChI=1S/C14H25NO5S/c1-10(2)9-12(14(17)18)15-13(16)7-8-21(19,20)11-5-3-4-6-11/h10-12H,3-9H2,1-2H3,(H,15,16)(H,17,18)/t12-/m1/s1. The van der Waals surface area contributed by atoms with Crippen molar-refractivity contribution in [2.45, 2.75) is 63.7 Å². The van der Waals surface area contributed by atoms with Gasteiger partial charge in [0.05, 0.1) is 11.0 Å². The Hall–Kier alpha value is -1.11. The van der Waals surface area contributed by atoms with Gasteiger partial charge in [0, 0.05) is 6.42 Å². The molecule has 0 saturated heterocycles. The SMILES string of the molecule is CC(C)C[C@@H](NC(=O)CCS(=O)(=O)C1CCCC1)C(=O)O. The van der Waals surface area contributed by atoms with E-state index in [1.807, 2.05) is 13.8 Å². The molecule has 6 nitrogen and oxygen atoms in total. The summed E-state index contributed by atoms with van der Waals surface area (Å²) in [6.45, 7) is 3.74. The first kappa shape index (κ1) is 17.9. The Kier molecular flexibility index (Phi) is 6.64. The second kappa shape index (κ2) is 7.77. The maximum atomic E-state index is 12.0. The fraction of sp³-hybridized carbons (Fsp3) is 0.857. The average molecular weight is 319 g/mol. The molecule has 1 fully saturated rings. The molecule has 0 aromatic rings. The molecule has 1 aliphatic carbocycles. The lowest BCUT2D eigenvalue weighted by atomic mass is 10.0. The van der Waals surface area contributed by atoms with E-state index in [2.05, 4.69) is 5.32 Å². The van der Waals surface area contributed by atoms with Crippen molar-refractivity contribution in [1.82, 2.24) is 5.32 Å². The number of aliphatic carboxylic acids is 1. The van der Waals surface area contributed by atoms with Crippen LogP contribution < -0.4 is 5.32 Å². The average Bonchev–Trinajstić information content (AvgIpc) is 2.89. The number of carboxylic acid groups (broad SMARTS) is 1. The molecule has 1 atom stereocenters. The van der Waals surface area contributed by atoms with Gasteiger partial charge in [-0.1, -0.05) is 26.7 Å². The van der Waals surface area contributed by atoms with E-state index in [-0.39, 0.29) is 23.3 Å². The number of rotatable bonds is 8. The van der Waals surface area contributed by atoms with Crippen molar-refractivity contribution in [3.05, 3.63) is 0 Å². The second-order valence-corrected chi connectivity index (χ2v) is 8.51.